The molecule has 1 saturated carbocycles. The minimum absolute atomic E-state index is 0.132. The number of carbonyl (C=O) groups excluding carboxylic acids is 2. The average molecular weight is 298 g/mol. The van der Waals surface area contributed by atoms with E-state index in [0.29, 0.717) is 18.8 Å². The minimum atomic E-state index is -1.05. The lowest BCUT2D eigenvalue weighted by molar-refractivity contribution is -0.143. The lowest BCUT2D eigenvalue weighted by Gasteiger charge is -2.20. The van der Waals surface area contributed by atoms with Crippen LogP contribution in [0.15, 0.2) is 0 Å². The van der Waals surface area contributed by atoms with Gasteiger partial charge >= 0.3 is 5.97 Å². The third-order valence-electron chi connectivity index (χ3n) is 4.19. The van der Waals surface area contributed by atoms with Crippen molar-refractivity contribution in [1.82, 2.24) is 10.6 Å². The highest BCUT2D eigenvalue weighted by molar-refractivity contribution is 5.88. The molecular formula is C15H26N2O4. The van der Waals surface area contributed by atoms with Gasteiger partial charge in [-0.3, -0.25) is 9.59 Å². The Kier molecular flexibility index (Phi) is 7.19. The number of hydrogen-bond acceptors (Lipinski definition) is 3. The van der Waals surface area contributed by atoms with Crippen LogP contribution < -0.4 is 10.6 Å². The van der Waals surface area contributed by atoms with Gasteiger partial charge in [0.1, 0.15) is 6.04 Å². The van der Waals surface area contributed by atoms with Crippen molar-refractivity contribution in [2.45, 2.75) is 58.4 Å². The first kappa shape index (κ1) is 17.5. The first-order chi connectivity index (χ1) is 9.93. The molecule has 0 radical (unpaired) electrons. The molecule has 6 heteroatoms. The van der Waals surface area contributed by atoms with Crippen LogP contribution in [0, 0.1) is 11.8 Å². The highest BCUT2D eigenvalue weighted by Gasteiger charge is 2.25. The van der Waals surface area contributed by atoms with E-state index in [1.54, 1.807) is 6.92 Å². The van der Waals surface area contributed by atoms with Gasteiger partial charge in [-0.1, -0.05) is 33.1 Å². The van der Waals surface area contributed by atoms with Gasteiger partial charge in [0.25, 0.3) is 0 Å². The Balaban J connectivity index is 2.31. The summed E-state index contributed by atoms with van der Waals surface area (Å²) in [5, 5.41) is 14.1. The van der Waals surface area contributed by atoms with E-state index in [0.717, 1.165) is 12.8 Å². The molecule has 120 valence electrons. The van der Waals surface area contributed by atoms with Crippen molar-refractivity contribution in [3.63, 3.8) is 0 Å². The Hall–Kier alpha value is -1.59. The molecule has 0 aliphatic heterocycles. The van der Waals surface area contributed by atoms with Gasteiger partial charge in [0, 0.05) is 6.42 Å². The number of hydrogen-bond donors (Lipinski definition) is 3. The normalized spacial score (nSPS) is 18.0. The van der Waals surface area contributed by atoms with Crippen molar-refractivity contribution in [2.75, 3.05) is 6.54 Å². The van der Waals surface area contributed by atoms with Crippen LogP contribution >= 0.6 is 0 Å². The smallest absolute Gasteiger partial charge is 0.326 e. The molecule has 2 atom stereocenters. The number of nitrogens with one attached hydrogen (secondary N) is 2. The minimum Gasteiger partial charge on any atom is -0.480 e. The van der Waals surface area contributed by atoms with Gasteiger partial charge in [0.15, 0.2) is 0 Å². The van der Waals surface area contributed by atoms with Crippen molar-refractivity contribution in [3.8, 4) is 0 Å². The largest absolute Gasteiger partial charge is 0.480 e. The molecule has 1 aliphatic rings. The van der Waals surface area contributed by atoms with Crippen molar-refractivity contribution in [2.24, 2.45) is 11.8 Å². The fraction of sp³-hybridized carbons (Fsp3) is 0.800. The summed E-state index contributed by atoms with van der Waals surface area (Å²) in [5.41, 5.74) is 0. The van der Waals surface area contributed by atoms with E-state index >= 15 is 0 Å². The van der Waals surface area contributed by atoms with Gasteiger partial charge in [-0.15, -0.1) is 0 Å². The molecule has 3 N–H and O–H groups in total. The molecule has 0 aromatic heterocycles. The van der Waals surface area contributed by atoms with E-state index < -0.39 is 17.9 Å². The van der Waals surface area contributed by atoms with Gasteiger partial charge in [-0.2, -0.15) is 0 Å². The Labute approximate surface area is 125 Å². The SMILES string of the molecule is CC[C@H](C)[C@H](NC(=O)CNC(=O)CC1CCCC1)C(=O)O. The Morgan fingerprint density at radius 3 is 2.33 bits per heavy atom. The summed E-state index contributed by atoms with van der Waals surface area (Å²) < 4.78 is 0. The maximum atomic E-state index is 11.7. The monoisotopic (exact) mass is 298 g/mol. The average Bonchev–Trinajstić information content (AvgIpc) is 2.94. The van der Waals surface area contributed by atoms with Gasteiger partial charge in [0.05, 0.1) is 6.54 Å². The molecule has 0 bridgehead atoms. The van der Waals surface area contributed by atoms with Crippen LogP contribution in [0.1, 0.15) is 52.4 Å². The van der Waals surface area contributed by atoms with Crippen LogP contribution in [-0.2, 0) is 14.4 Å². The molecule has 21 heavy (non-hydrogen) atoms. The Morgan fingerprint density at radius 2 is 1.81 bits per heavy atom. The van der Waals surface area contributed by atoms with Gasteiger partial charge in [0.2, 0.25) is 11.8 Å². The predicted molar refractivity (Wildman–Crippen MR) is 78.6 cm³/mol. The zero-order valence-corrected chi connectivity index (χ0v) is 12.9. The molecular weight excluding hydrogens is 272 g/mol. The summed E-state index contributed by atoms with van der Waals surface area (Å²) in [6, 6.07) is -0.908. The standard InChI is InChI=1S/C15H26N2O4/c1-3-10(2)14(15(20)21)17-13(19)9-16-12(18)8-11-6-4-5-7-11/h10-11,14H,3-9H2,1-2H3,(H,16,18)(H,17,19)(H,20,21)/t10-,14-/m0/s1. The van der Waals surface area contributed by atoms with Crippen LogP contribution in [0.5, 0.6) is 0 Å². The lowest BCUT2D eigenvalue weighted by Crippen LogP contribution is -2.48. The third-order valence-corrected chi connectivity index (χ3v) is 4.19. The summed E-state index contributed by atoms with van der Waals surface area (Å²) in [4.78, 5) is 34.5. The van der Waals surface area contributed by atoms with E-state index in [2.05, 4.69) is 10.6 Å². The molecule has 6 nitrogen and oxygen atoms in total. The van der Waals surface area contributed by atoms with E-state index in [9.17, 15) is 14.4 Å². The van der Waals surface area contributed by atoms with Crippen molar-refractivity contribution < 1.29 is 19.5 Å². The summed E-state index contributed by atoms with van der Waals surface area (Å²) in [5.74, 6) is -1.36. The van der Waals surface area contributed by atoms with Crippen LogP contribution in [0.4, 0.5) is 0 Å². The number of aliphatic carboxylic acids is 1. The Bertz CT molecular complexity index is 378. The molecule has 1 rings (SSSR count). The van der Waals surface area contributed by atoms with Crippen molar-refractivity contribution >= 4 is 17.8 Å². The highest BCUT2D eigenvalue weighted by Crippen LogP contribution is 2.27. The first-order valence-corrected chi connectivity index (χ1v) is 7.72. The van der Waals surface area contributed by atoms with Gasteiger partial charge in [-0.05, 0) is 24.7 Å². The lowest BCUT2D eigenvalue weighted by atomic mass is 9.99. The maximum absolute atomic E-state index is 11.7. The van der Waals surface area contributed by atoms with Crippen molar-refractivity contribution in [1.29, 1.82) is 0 Å². The predicted octanol–water partition coefficient (Wildman–Crippen LogP) is 1.30. The second-order valence-electron chi connectivity index (χ2n) is 5.90. The molecule has 0 spiro atoms. The Morgan fingerprint density at radius 1 is 1.19 bits per heavy atom. The quantitative estimate of drug-likeness (QED) is 0.629. The van der Waals surface area contributed by atoms with Gasteiger partial charge < -0.3 is 15.7 Å². The molecule has 0 heterocycles. The molecule has 1 aliphatic carbocycles. The maximum Gasteiger partial charge on any atom is 0.326 e. The summed E-state index contributed by atoms with van der Waals surface area (Å²) >= 11 is 0. The number of amides is 2. The number of rotatable bonds is 8. The topological polar surface area (TPSA) is 95.5 Å². The fourth-order valence-electron chi connectivity index (χ4n) is 2.64. The van der Waals surface area contributed by atoms with E-state index in [-0.39, 0.29) is 18.4 Å². The zero-order valence-electron chi connectivity index (χ0n) is 12.9. The zero-order chi connectivity index (χ0) is 15.8. The van der Waals surface area contributed by atoms with Crippen LogP contribution in [0.2, 0.25) is 0 Å². The molecule has 0 aromatic rings. The van der Waals surface area contributed by atoms with Crippen LogP contribution in [0.25, 0.3) is 0 Å². The first-order valence-electron chi connectivity index (χ1n) is 7.72. The molecule has 0 aromatic carbocycles. The number of carboxylic acid groups (broad SMARTS) is 1. The number of carboxylic acids is 1. The van der Waals surface area contributed by atoms with Crippen LogP contribution in [-0.4, -0.2) is 35.5 Å². The fourth-order valence-corrected chi connectivity index (χ4v) is 2.64. The van der Waals surface area contributed by atoms with E-state index in [1.807, 2.05) is 6.92 Å². The summed E-state index contributed by atoms with van der Waals surface area (Å²) in [7, 11) is 0. The molecule has 1 fully saturated rings. The van der Waals surface area contributed by atoms with Crippen LogP contribution in [0.3, 0.4) is 0 Å². The second kappa shape index (κ2) is 8.64. The van der Waals surface area contributed by atoms with Crippen molar-refractivity contribution in [3.05, 3.63) is 0 Å². The molecule has 0 unspecified atom stereocenters. The molecule has 2 amide bonds. The molecule has 0 saturated heterocycles. The summed E-state index contributed by atoms with van der Waals surface area (Å²) in [6.07, 6.45) is 5.62. The highest BCUT2D eigenvalue weighted by atomic mass is 16.4. The number of carbonyl (C=O) groups is 3. The van der Waals surface area contributed by atoms with Gasteiger partial charge in [-0.25, -0.2) is 4.79 Å². The summed E-state index contributed by atoms with van der Waals surface area (Å²) in [6.45, 7) is 3.49. The second-order valence-corrected chi connectivity index (χ2v) is 5.90. The van der Waals surface area contributed by atoms with E-state index in [1.165, 1.54) is 12.8 Å². The van der Waals surface area contributed by atoms with E-state index in [4.69, 9.17) is 5.11 Å². The third kappa shape index (κ3) is 6.14.